The van der Waals surface area contributed by atoms with Crippen molar-refractivity contribution in [2.45, 2.75) is 84.5 Å². The Morgan fingerprint density at radius 2 is 1.42 bits per heavy atom. The molecule has 0 aromatic heterocycles. The molecule has 0 aliphatic rings. The predicted octanol–water partition coefficient (Wildman–Crippen LogP) is 5.57. The largest absolute Gasteiger partial charge is 0.481 e. The van der Waals surface area contributed by atoms with Crippen LogP contribution in [0.5, 0.6) is 0 Å². The van der Waals surface area contributed by atoms with Crippen LogP contribution in [0.25, 0.3) is 0 Å². The summed E-state index contributed by atoms with van der Waals surface area (Å²) in [4.78, 5) is 10.3. The summed E-state index contributed by atoms with van der Waals surface area (Å²) in [5, 5.41) is 8.50. The second-order valence-electron chi connectivity index (χ2n) is 5.85. The average molecular weight is 268 g/mol. The van der Waals surface area contributed by atoms with Crippen LogP contribution in [0.4, 0.5) is 0 Å². The monoisotopic (exact) mass is 268 g/mol. The third-order valence-electron chi connectivity index (χ3n) is 3.33. The number of carbonyl (C=O) groups is 1. The molecule has 0 amide bonds. The smallest absolute Gasteiger partial charge is 0.303 e. The standard InChI is InChI=1S/C17H32O2/c1-16(2)14-12-10-8-6-4-3-5-7-9-11-13-15-17(18)19/h4,6,16H,3,5,7-15H2,1-2H3,(H,18,19). The topological polar surface area (TPSA) is 37.3 Å². The summed E-state index contributed by atoms with van der Waals surface area (Å²) in [6.45, 7) is 4.57. The molecule has 0 fully saturated rings. The van der Waals surface area contributed by atoms with Crippen LogP contribution < -0.4 is 0 Å². The highest BCUT2D eigenvalue weighted by Crippen LogP contribution is 2.10. The molecular formula is C17H32O2. The minimum atomic E-state index is -0.666. The van der Waals surface area contributed by atoms with Gasteiger partial charge in [-0.15, -0.1) is 0 Å². The molecular weight excluding hydrogens is 236 g/mol. The molecule has 1 N–H and O–H groups in total. The van der Waals surface area contributed by atoms with Crippen molar-refractivity contribution in [3.63, 3.8) is 0 Å². The summed E-state index contributed by atoms with van der Waals surface area (Å²) in [5.74, 6) is 0.172. The van der Waals surface area contributed by atoms with Crippen molar-refractivity contribution >= 4 is 5.97 Å². The molecule has 0 spiro atoms. The summed E-state index contributed by atoms with van der Waals surface area (Å²) in [7, 11) is 0. The SMILES string of the molecule is CC(C)CCCCC=CCCCCCCCC(=O)O. The zero-order valence-electron chi connectivity index (χ0n) is 12.9. The first kappa shape index (κ1) is 18.2. The highest BCUT2D eigenvalue weighted by Gasteiger charge is 1.96. The van der Waals surface area contributed by atoms with Crippen molar-refractivity contribution in [3.8, 4) is 0 Å². The Labute approximate surface area is 119 Å². The second-order valence-corrected chi connectivity index (χ2v) is 5.85. The Bertz CT molecular complexity index is 231. The van der Waals surface area contributed by atoms with E-state index >= 15 is 0 Å². The van der Waals surface area contributed by atoms with E-state index in [1.807, 2.05) is 0 Å². The molecule has 19 heavy (non-hydrogen) atoms. The first-order valence-corrected chi connectivity index (χ1v) is 7.99. The maximum Gasteiger partial charge on any atom is 0.303 e. The Morgan fingerprint density at radius 3 is 2.00 bits per heavy atom. The molecule has 0 saturated heterocycles. The predicted molar refractivity (Wildman–Crippen MR) is 82.4 cm³/mol. The first-order valence-electron chi connectivity index (χ1n) is 7.99. The van der Waals surface area contributed by atoms with Gasteiger partial charge in [0.2, 0.25) is 0 Å². The van der Waals surface area contributed by atoms with Gasteiger partial charge in [-0.05, 0) is 38.0 Å². The van der Waals surface area contributed by atoms with Crippen LogP contribution in [0.1, 0.15) is 84.5 Å². The number of hydrogen-bond donors (Lipinski definition) is 1. The Morgan fingerprint density at radius 1 is 0.895 bits per heavy atom. The van der Waals surface area contributed by atoms with Gasteiger partial charge in [0.05, 0.1) is 0 Å². The lowest BCUT2D eigenvalue weighted by Gasteiger charge is -2.01. The van der Waals surface area contributed by atoms with Crippen LogP contribution in [-0.2, 0) is 4.79 Å². The molecule has 0 heterocycles. The van der Waals surface area contributed by atoms with Gasteiger partial charge in [0, 0.05) is 6.42 Å². The highest BCUT2D eigenvalue weighted by atomic mass is 16.4. The quantitative estimate of drug-likeness (QED) is 0.350. The van der Waals surface area contributed by atoms with Crippen molar-refractivity contribution in [1.82, 2.24) is 0 Å². The second kappa shape index (κ2) is 13.6. The van der Waals surface area contributed by atoms with Gasteiger partial charge in [-0.3, -0.25) is 4.79 Å². The van der Waals surface area contributed by atoms with E-state index in [1.165, 1.54) is 51.4 Å². The van der Waals surface area contributed by atoms with Crippen LogP contribution >= 0.6 is 0 Å². The minimum Gasteiger partial charge on any atom is -0.481 e. The molecule has 0 aromatic rings. The van der Waals surface area contributed by atoms with Gasteiger partial charge in [-0.2, -0.15) is 0 Å². The molecule has 0 unspecified atom stereocenters. The van der Waals surface area contributed by atoms with Gasteiger partial charge in [0.1, 0.15) is 0 Å². The number of carboxylic acids is 1. The molecule has 0 rings (SSSR count). The zero-order valence-corrected chi connectivity index (χ0v) is 12.9. The third kappa shape index (κ3) is 17.2. The number of carboxylic acid groups (broad SMARTS) is 1. The lowest BCUT2D eigenvalue weighted by molar-refractivity contribution is -0.137. The molecule has 2 nitrogen and oxygen atoms in total. The first-order chi connectivity index (χ1) is 9.13. The molecule has 0 aliphatic carbocycles. The molecule has 112 valence electrons. The van der Waals surface area contributed by atoms with Crippen LogP contribution in [0, 0.1) is 5.92 Å². The van der Waals surface area contributed by atoms with Gasteiger partial charge in [0.15, 0.2) is 0 Å². The van der Waals surface area contributed by atoms with E-state index in [-0.39, 0.29) is 0 Å². The fourth-order valence-corrected chi connectivity index (χ4v) is 2.12. The van der Waals surface area contributed by atoms with Crippen molar-refractivity contribution < 1.29 is 9.90 Å². The van der Waals surface area contributed by atoms with E-state index < -0.39 is 5.97 Å². The van der Waals surface area contributed by atoms with Gasteiger partial charge in [-0.25, -0.2) is 0 Å². The van der Waals surface area contributed by atoms with Gasteiger partial charge in [-0.1, -0.05) is 58.1 Å². The maximum absolute atomic E-state index is 10.3. The van der Waals surface area contributed by atoms with Crippen LogP contribution in [-0.4, -0.2) is 11.1 Å². The molecule has 0 atom stereocenters. The molecule has 0 aromatic carbocycles. The molecule has 0 radical (unpaired) electrons. The molecule has 0 aliphatic heterocycles. The van der Waals surface area contributed by atoms with Crippen molar-refractivity contribution in [3.05, 3.63) is 12.2 Å². The molecule has 0 bridgehead atoms. The Balaban J connectivity index is 3.10. The van der Waals surface area contributed by atoms with E-state index in [0.29, 0.717) is 6.42 Å². The highest BCUT2D eigenvalue weighted by molar-refractivity contribution is 5.66. The van der Waals surface area contributed by atoms with Crippen LogP contribution in [0.15, 0.2) is 12.2 Å². The minimum absolute atomic E-state index is 0.330. The van der Waals surface area contributed by atoms with Crippen LogP contribution in [0.3, 0.4) is 0 Å². The van der Waals surface area contributed by atoms with Crippen molar-refractivity contribution in [1.29, 1.82) is 0 Å². The fourth-order valence-electron chi connectivity index (χ4n) is 2.12. The Kier molecular flexibility index (Phi) is 13.1. The number of rotatable bonds is 13. The lowest BCUT2D eigenvalue weighted by atomic mass is 10.0. The maximum atomic E-state index is 10.3. The summed E-state index contributed by atoms with van der Waals surface area (Å²) >= 11 is 0. The zero-order chi connectivity index (χ0) is 14.3. The summed E-state index contributed by atoms with van der Waals surface area (Å²) < 4.78 is 0. The fraction of sp³-hybridized carbons (Fsp3) is 0.824. The normalized spacial score (nSPS) is 11.5. The summed E-state index contributed by atoms with van der Waals surface area (Å²) in [5.41, 5.74) is 0. The number of aliphatic carboxylic acids is 1. The number of unbranched alkanes of at least 4 members (excludes halogenated alkanes) is 7. The number of allylic oxidation sites excluding steroid dienone is 2. The van der Waals surface area contributed by atoms with E-state index in [0.717, 1.165) is 18.8 Å². The molecule has 0 saturated carbocycles. The average Bonchev–Trinajstić information content (AvgIpc) is 2.34. The summed E-state index contributed by atoms with van der Waals surface area (Å²) in [6.07, 6.45) is 17.0. The third-order valence-corrected chi connectivity index (χ3v) is 3.33. The number of hydrogen-bond acceptors (Lipinski definition) is 1. The van der Waals surface area contributed by atoms with Crippen LogP contribution in [0.2, 0.25) is 0 Å². The Hall–Kier alpha value is -0.790. The lowest BCUT2D eigenvalue weighted by Crippen LogP contribution is -1.93. The van der Waals surface area contributed by atoms with Gasteiger partial charge in [0.25, 0.3) is 0 Å². The van der Waals surface area contributed by atoms with Crippen molar-refractivity contribution in [2.75, 3.05) is 0 Å². The van der Waals surface area contributed by atoms with E-state index in [4.69, 9.17) is 5.11 Å². The van der Waals surface area contributed by atoms with E-state index in [2.05, 4.69) is 26.0 Å². The molecule has 2 heteroatoms. The van der Waals surface area contributed by atoms with E-state index in [9.17, 15) is 4.79 Å². The van der Waals surface area contributed by atoms with E-state index in [1.54, 1.807) is 0 Å². The van der Waals surface area contributed by atoms with Crippen molar-refractivity contribution in [2.24, 2.45) is 5.92 Å². The van der Waals surface area contributed by atoms with Gasteiger partial charge < -0.3 is 5.11 Å². The summed E-state index contributed by atoms with van der Waals surface area (Å²) in [6, 6.07) is 0. The van der Waals surface area contributed by atoms with Gasteiger partial charge >= 0.3 is 5.97 Å².